The molecule has 0 spiro atoms. The van der Waals surface area contributed by atoms with Crippen LogP contribution in [-0.4, -0.2) is 47.8 Å². The lowest BCUT2D eigenvalue weighted by Crippen LogP contribution is -2.46. The van der Waals surface area contributed by atoms with E-state index in [1.165, 1.54) is 12.8 Å². The Balaban J connectivity index is 1.83. The summed E-state index contributed by atoms with van der Waals surface area (Å²) in [5.74, 6) is 0.703. The van der Waals surface area contributed by atoms with E-state index in [1.807, 2.05) is 30.7 Å². The zero-order valence-electron chi connectivity index (χ0n) is 13.1. The molecule has 2 fully saturated rings. The Morgan fingerprint density at radius 3 is 2.10 bits per heavy atom. The molecule has 2 aliphatic rings. The molecule has 4 nitrogen and oxygen atoms in total. The van der Waals surface area contributed by atoms with Gasteiger partial charge in [-0.1, -0.05) is 26.7 Å². The van der Waals surface area contributed by atoms with Gasteiger partial charge < -0.3 is 9.80 Å². The van der Waals surface area contributed by atoms with Gasteiger partial charge in [0, 0.05) is 38.0 Å². The second kappa shape index (κ2) is 6.59. The van der Waals surface area contributed by atoms with Crippen LogP contribution in [0.1, 0.15) is 52.4 Å². The van der Waals surface area contributed by atoms with Gasteiger partial charge in [-0.3, -0.25) is 9.59 Å². The zero-order chi connectivity index (χ0) is 14.7. The minimum absolute atomic E-state index is 0.0587. The van der Waals surface area contributed by atoms with Gasteiger partial charge in [-0.15, -0.1) is 0 Å². The number of hydrogen-bond acceptors (Lipinski definition) is 2. The van der Waals surface area contributed by atoms with Crippen LogP contribution in [0.15, 0.2) is 0 Å². The second-order valence-corrected chi connectivity index (χ2v) is 6.64. The Morgan fingerprint density at radius 2 is 1.60 bits per heavy atom. The summed E-state index contributed by atoms with van der Waals surface area (Å²) in [6, 6.07) is 0.456. The Morgan fingerprint density at radius 1 is 1.05 bits per heavy atom. The smallest absolute Gasteiger partial charge is 0.225 e. The van der Waals surface area contributed by atoms with Crippen molar-refractivity contribution in [1.82, 2.24) is 9.80 Å². The third-order valence-electron chi connectivity index (χ3n) is 4.87. The normalized spacial score (nSPS) is 21.5. The third kappa shape index (κ3) is 3.33. The summed E-state index contributed by atoms with van der Waals surface area (Å²) < 4.78 is 0. The highest BCUT2D eigenvalue weighted by atomic mass is 16.2. The molecule has 0 N–H and O–H groups in total. The molecular formula is C16H28N2O2. The lowest BCUT2D eigenvalue weighted by Gasteiger charge is -2.35. The number of piperidine rings is 1. The molecule has 2 rings (SSSR count). The average Bonchev–Trinajstić information content (AvgIpc) is 2.99. The molecule has 0 unspecified atom stereocenters. The molecule has 0 bridgehead atoms. The fourth-order valence-electron chi connectivity index (χ4n) is 3.47. The fraction of sp³-hybridized carbons (Fsp3) is 0.875. The number of nitrogens with zero attached hydrogens (tertiary/aromatic N) is 2. The number of carbonyl (C=O) groups is 2. The number of carbonyl (C=O) groups excluding carboxylic acids is 2. The molecule has 20 heavy (non-hydrogen) atoms. The SMILES string of the molecule is CC(C)C(=O)N1CCC(C(=O)N(C)C2CCCC2)CC1. The van der Waals surface area contributed by atoms with Crippen LogP contribution in [-0.2, 0) is 9.59 Å². The van der Waals surface area contributed by atoms with Crippen LogP contribution >= 0.6 is 0 Å². The lowest BCUT2D eigenvalue weighted by atomic mass is 9.94. The molecule has 114 valence electrons. The summed E-state index contributed by atoms with van der Waals surface area (Å²) in [6.07, 6.45) is 6.48. The second-order valence-electron chi connectivity index (χ2n) is 6.64. The predicted molar refractivity (Wildman–Crippen MR) is 79.2 cm³/mol. The first-order valence-corrected chi connectivity index (χ1v) is 8.06. The van der Waals surface area contributed by atoms with E-state index in [-0.39, 0.29) is 17.7 Å². The summed E-state index contributed by atoms with van der Waals surface area (Å²) >= 11 is 0. The van der Waals surface area contributed by atoms with Crippen molar-refractivity contribution in [3.8, 4) is 0 Å². The Hall–Kier alpha value is -1.06. The molecule has 4 heteroatoms. The van der Waals surface area contributed by atoms with Gasteiger partial charge in [0.2, 0.25) is 11.8 Å². The van der Waals surface area contributed by atoms with E-state index < -0.39 is 0 Å². The molecule has 1 saturated carbocycles. The quantitative estimate of drug-likeness (QED) is 0.796. The van der Waals surface area contributed by atoms with Gasteiger partial charge in [-0.05, 0) is 25.7 Å². The Bertz CT molecular complexity index is 353. The van der Waals surface area contributed by atoms with Crippen LogP contribution in [0.2, 0.25) is 0 Å². The zero-order valence-corrected chi connectivity index (χ0v) is 13.1. The Kier molecular flexibility index (Phi) is 5.06. The third-order valence-corrected chi connectivity index (χ3v) is 4.87. The number of likely N-dealkylation sites (tertiary alicyclic amines) is 1. The van der Waals surface area contributed by atoms with E-state index in [1.54, 1.807) is 0 Å². The molecular weight excluding hydrogens is 252 g/mol. The van der Waals surface area contributed by atoms with E-state index in [2.05, 4.69) is 0 Å². The molecule has 2 amide bonds. The van der Waals surface area contributed by atoms with Crippen LogP contribution in [0.25, 0.3) is 0 Å². The van der Waals surface area contributed by atoms with E-state index in [4.69, 9.17) is 0 Å². The van der Waals surface area contributed by atoms with Crippen molar-refractivity contribution in [1.29, 1.82) is 0 Å². The maximum Gasteiger partial charge on any atom is 0.225 e. The minimum Gasteiger partial charge on any atom is -0.343 e. The Labute approximate surface area is 122 Å². The van der Waals surface area contributed by atoms with Crippen LogP contribution < -0.4 is 0 Å². The van der Waals surface area contributed by atoms with Crippen molar-refractivity contribution in [3.05, 3.63) is 0 Å². The highest BCUT2D eigenvalue weighted by Crippen LogP contribution is 2.26. The van der Waals surface area contributed by atoms with E-state index in [9.17, 15) is 9.59 Å². The van der Waals surface area contributed by atoms with E-state index in [0.717, 1.165) is 38.8 Å². The molecule has 0 radical (unpaired) electrons. The average molecular weight is 280 g/mol. The van der Waals surface area contributed by atoms with Crippen molar-refractivity contribution in [2.75, 3.05) is 20.1 Å². The fourth-order valence-corrected chi connectivity index (χ4v) is 3.47. The predicted octanol–water partition coefficient (Wildman–Crippen LogP) is 2.28. The van der Waals surface area contributed by atoms with Crippen LogP contribution in [0.5, 0.6) is 0 Å². The maximum absolute atomic E-state index is 12.5. The molecule has 0 aromatic carbocycles. The highest BCUT2D eigenvalue weighted by Gasteiger charge is 2.32. The topological polar surface area (TPSA) is 40.6 Å². The standard InChI is InChI=1S/C16H28N2O2/c1-12(2)15(19)18-10-8-13(9-11-18)16(20)17(3)14-6-4-5-7-14/h12-14H,4-11H2,1-3H3. The summed E-state index contributed by atoms with van der Waals surface area (Å²) in [4.78, 5) is 28.4. The monoisotopic (exact) mass is 280 g/mol. The molecule has 1 aliphatic carbocycles. The summed E-state index contributed by atoms with van der Waals surface area (Å²) in [5, 5.41) is 0. The van der Waals surface area contributed by atoms with Crippen molar-refractivity contribution in [3.63, 3.8) is 0 Å². The molecule has 1 heterocycles. The molecule has 1 aliphatic heterocycles. The van der Waals surface area contributed by atoms with Crippen molar-refractivity contribution in [2.45, 2.75) is 58.4 Å². The summed E-state index contributed by atoms with van der Waals surface area (Å²) in [5.41, 5.74) is 0. The van der Waals surface area contributed by atoms with Gasteiger partial charge in [-0.2, -0.15) is 0 Å². The molecule has 0 aromatic rings. The van der Waals surface area contributed by atoms with Crippen LogP contribution in [0.3, 0.4) is 0 Å². The van der Waals surface area contributed by atoms with Crippen molar-refractivity contribution >= 4 is 11.8 Å². The number of rotatable bonds is 3. The van der Waals surface area contributed by atoms with Gasteiger partial charge in [0.25, 0.3) is 0 Å². The van der Waals surface area contributed by atoms with Gasteiger partial charge in [0.05, 0.1) is 0 Å². The largest absolute Gasteiger partial charge is 0.343 e. The minimum atomic E-state index is 0.0587. The van der Waals surface area contributed by atoms with Crippen molar-refractivity contribution < 1.29 is 9.59 Å². The molecule has 0 atom stereocenters. The van der Waals surface area contributed by atoms with E-state index in [0.29, 0.717) is 11.9 Å². The lowest BCUT2D eigenvalue weighted by molar-refractivity contribution is -0.142. The van der Waals surface area contributed by atoms with E-state index >= 15 is 0 Å². The molecule has 0 aromatic heterocycles. The first-order valence-electron chi connectivity index (χ1n) is 8.06. The van der Waals surface area contributed by atoms with Gasteiger partial charge in [0.15, 0.2) is 0 Å². The highest BCUT2D eigenvalue weighted by molar-refractivity contribution is 5.81. The van der Waals surface area contributed by atoms with Crippen LogP contribution in [0.4, 0.5) is 0 Å². The van der Waals surface area contributed by atoms with Gasteiger partial charge in [-0.25, -0.2) is 0 Å². The van der Waals surface area contributed by atoms with Gasteiger partial charge >= 0.3 is 0 Å². The van der Waals surface area contributed by atoms with Crippen LogP contribution in [0, 0.1) is 11.8 Å². The van der Waals surface area contributed by atoms with Crippen molar-refractivity contribution in [2.24, 2.45) is 11.8 Å². The molecule has 1 saturated heterocycles. The first-order chi connectivity index (χ1) is 9.50. The first kappa shape index (κ1) is 15.3. The summed E-state index contributed by atoms with van der Waals surface area (Å²) in [6.45, 7) is 5.36. The number of amides is 2. The number of hydrogen-bond donors (Lipinski definition) is 0. The summed E-state index contributed by atoms with van der Waals surface area (Å²) in [7, 11) is 1.96. The van der Waals surface area contributed by atoms with Gasteiger partial charge in [0.1, 0.15) is 0 Å². The maximum atomic E-state index is 12.5.